The van der Waals surface area contributed by atoms with Gasteiger partial charge in [-0.25, -0.2) is 0 Å². The third-order valence-corrected chi connectivity index (χ3v) is 3.38. The van der Waals surface area contributed by atoms with Gasteiger partial charge in [0, 0.05) is 5.56 Å². The predicted molar refractivity (Wildman–Crippen MR) is 71.3 cm³/mol. The van der Waals surface area contributed by atoms with Crippen molar-refractivity contribution >= 4 is 28.3 Å². The van der Waals surface area contributed by atoms with Crippen LogP contribution in [0.3, 0.4) is 0 Å². The van der Waals surface area contributed by atoms with E-state index in [0.717, 1.165) is 16.7 Å². The Labute approximate surface area is 99.9 Å². The highest BCUT2D eigenvalue weighted by molar-refractivity contribution is 7.99. The second-order valence-electron chi connectivity index (χ2n) is 3.62. The summed E-state index contributed by atoms with van der Waals surface area (Å²) in [6.45, 7) is 2.07. The van der Waals surface area contributed by atoms with E-state index in [4.69, 9.17) is 0 Å². The Morgan fingerprint density at radius 1 is 1.12 bits per heavy atom. The highest BCUT2D eigenvalue weighted by Gasteiger charge is 2.05. The van der Waals surface area contributed by atoms with Crippen molar-refractivity contribution in [2.75, 3.05) is 11.5 Å². The summed E-state index contributed by atoms with van der Waals surface area (Å²) in [7, 11) is 0. The molecule has 82 valence electrons. The van der Waals surface area contributed by atoms with Gasteiger partial charge >= 0.3 is 0 Å². The molecule has 2 heteroatoms. The number of ketones is 1. The van der Waals surface area contributed by atoms with Crippen LogP contribution >= 0.6 is 11.8 Å². The molecule has 0 spiro atoms. The van der Waals surface area contributed by atoms with Crippen molar-refractivity contribution in [3.05, 3.63) is 48.0 Å². The monoisotopic (exact) mass is 230 g/mol. The van der Waals surface area contributed by atoms with Gasteiger partial charge in [0.25, 0.3) is 0 Å². The third kappa shape index (κ3) is 2.45. The standard InChI is InChI=1S/C14H14OS/c1-2-16-10-14(15)13-8-7-11-5-3-4-6-12(11)9-13/h3-9H,2,10H2,1H3. The number of carbonyl (C=O) groups is 1. The summed E-state index contributed by atoms with van der Waals surface area (Å²) in [4.78, 5) is 11.8. The van der Waals surface area contributed by atoms with Gasteiger partial charge < -0.3 is 0 Å². The number of benzene rings is 2. The average Bonchev–Trinajstić information content (AvgIpc) is 2.35. The molecule has 0 radical (unpaired) electrons. The van der Waals surface area contributed by atoms with Crippen LogP contribution in [0.5, 0.6) is 0 Å². The van der Waals surface area contributed by atoms with Crippen LogP contribution in [0.15, 0.2) is 42.5 Å². The molecule has 1 nitrogen and oxygen atoms in total. The van der Waals surface area contributed by atoms with Gasteiger partial charge in [0.15, 0.2) is 5.78 Å². The first-order chi connectivity index (χ1) is 7.81. The molecule has 0 aliphatic carbocycles. The Morgan fingerprint density at radius 2 is 1.88 bits per heavy atom. The van der Waals surface area contributed by atoms with Crippen molar-refractivity contribution in [1.82, 2.24) is 0 Å². The molecule has 0 atom stereocenters. The Kier molecular flexibility index (Phi) is 3.62. The number of fused-ring (bicyclic) bond motifs is 1. The number of hydrogen-bond donors (Lipinski definition) is 0. The van der Waals surface area contributed by atoms with Gasteiger partial charge in [-0.15, -0.1) is 0 Å². The van der Waals surface area contributed by atoms with Crippen molar-refractivity contribution in [1.29, 1.82) is 0 Å². The number of Topliss-reactive ketones (excluding diaryl/α,β-unsaturated/α-hetero) is 1. The summed E-state index contributed by atoms with van der Waals surface area (Å²) >= 11 is 1.67. The van der Waals surface area contributed by atoms with Crippen LogP contribution in [0.1, 0.15) is 17.3 Å². The van der Waals surface area contributed by atoms with E-state index in [1.165, 1.54) is 5.39 Å². The molecule has 0 saturated heterocycles. The van der Waals surface area contributed by atoms with Crippen molar-refractivity contribution in [3.63, 3.8) is 0 Å². The largest absolute Gasteiger partial charge is 0.293 e. The molecule has 2 aromatic carbocycles. The topological polar surface area (TPSA) is 17.1 Å². The van der Waals surface area contributed by atoms with Gasteiger partial charge in [0.2, 0.25) is 0 Å². The summed E-state index contributed by atoms with van der Waals surface area (Å²) in [5.41, 5.74) is 0.819. The maximum atomic E-state index is 11.8. The van der Waals surface area contributed by atoms with Crippen LogP contribution in [-0.4, -0.2) is 17.3 Å². The zero-order valence-electron chi connectivity index (χ0n) is 9.27. The van der Waals surface area contributed by atoms with E-state index in [-0.39, 0.29) is 5.78 Å². The predicted octanol–water partition coefficient (Wildman–Crippen LogP) is 3.78. The fraction of sp³-hybridized carbons (Fsp3) is 0.214. The van der Waals surface area contributed by atoms with Gasteiger partial charge in [-0.3, -0.25) is 4.79 Å². The number of carbonyl (C=O) groups excluding carboxylic acids is 1. The summed E-state index contributed by atoms with van der Waals surface area (Å²) in [6, 6.07) is 14.0. The Bertz CT molecular complexity index is 505. The summed E-state index contributed by atoms with van der Waals surface area (Å²) in [6.07, 6.45) is 0. The van der Waals surface area contributed by atoms with Crippen LogP contribution < -0.4 is 0 Å². The summed E-state index contributed by atoms with van der Waals surface area (Å²) in [5.74, 6) is 1.78. The first-order valence-corrected chi connectivity index (χ1v) is 6.56. The van der Waals surface area contributed by atoms with Crippen LogP contribution in [0.25, 0.3) is 10.8 Å². The Hall–Kier alpha value is -1.28. The number of rotatable bonds is 4. The second-order valence-corrected chi connectivity index (χ2v) is 4.90. The van der Waals surface area contributed by atoms with Crippen LogP contribution in [-0.2, 0) is 0 Å². The molecule has 0 N–H and O–H groups in total. The molecule has 0 amide bonds. The lowest BCUT2D eigenvalue weighted by molar-refractivity contribution is 0.102. The minimum absolute atomic E-state index is 0.220. The van der Waals surface area contributed by atoms with E-state index >= 15 is 0 Å². The highest BCUT2D eigenvalue weighted by atomic mass is 32.2. The molecule has 0 aliphatic heterocycles. The summed E-state index contributed by atoms with van der Waals surface area (Å²) in [5, 5.41) is 2.32. The molecule has 0 aromatic heterocycles. The van der Waals surface area contributed by atoms with Gasteiger partial charge in [0.05, 0.1) is 5.75 Å². The number of thioether (sulfide) groups is 1. The fourth-order valence-electron chi connectivity index (χ4n) is 1.64. The lowest BCUT2D eigenvalue weighted by atomic mass is 10.1. The molecule has 2 rings (SSSR count). The summed E-state index contributed by atoms with van der Waals surface area (Å²) < 4.78 is 0. The van der Waals surface area contributed by atoms with E-state index in [0.29, 0.717) is 5.75 Å². The molecule has 0 fully saturated rings. The minimum Gasteiger partial charge on any atom is -0.293 e. The van der Waals surface area contributed by atoms with Crippen LogP contribution in [0, 0.1) is 0 Å². The van der Waals surface area contributed by atoms with Crippen molar-refractivity contribution in [2.45, 2.75) is 6.92 Å². The molecule has 0 aliphatic rings. The molecule has 0 saturated carbocycles. The molecule has 16 heavy (non-hydrogen) atoms. The minimum atomic E-state index is 0.220. The quantitative estimate of drug-likeness (QED) is 0.744. The maximum absolute atomic E-state index is 11.8. The van der Waals surface area contributed by atoms with E-state index in [1.54, 1.807) is 11.8 Å². The van der Waals surface area contributed by atoms with Gasteiger partial charge in [-0.2, -0.15) is 11.8 Å². The third-order valence-electron chi connectivity index (χ3n) is 2.51. The van der Waals surface area contributed by atoms with Crippen molar-refractivity contribution < 1.29 is 4.79 Å². The molecule has 2 aromatic rings. The van der Waals surface area contributed by atoms with Crippen molar-refractivity contribution in [2.24, 2.45) is 0 Å². The zero-order chi connectivity index (χ0) is 11.4. The maximum Gasteiger partial charge on any atom is 0.172 e. The average molecular weight is 230 g/mol. The van der Waals surface area contributed by atoms with Gasteiger partial charge in [-0.05, 0) is 22.6 Å². The Balaban J connectivity index is 2.28. The second kappa shape index (κ2) is 5.17. The van der Waals surface area contributed by atoms with Crippen LogP contribution in [0.4, 0.5) is 0 Å². The van der Waals surface area contributed by atoms with E-state index < -0.39 is 0 Å². The Morgan fingerprint density at radius 3 is 2.62 bits per heavy atom. The smallest absolute Gasteiger partial charge is 0.172 e. The first kappa shape index (κ1) is 11.2. The SMILES string of the molecule is CCSCC(=O)c1ccc2ccccc2c1. The first-order valence-electron chi connectivity index (χ1n) is 5.41. The molecule has 0 unspecified atom stereocenters. The molecular weight excluding hydrogens is 216 g/mol. The highest BCUT2D eigenvalue weighted by Crippen LogP contribution is 2.17. The van der Waals surface area contributed by atoms with E-state index in [1.807, 2.05) is 36.4 Å². The lowest BCUT2D eigenvalue weighted by Crippen LogP contribution is -2.02. The van der Waals surface area contributed by atoms with Gasteiger partial charge in [-0.1, -0.05) is 43.3 Å². The van der Waals surface area contributed by atoms with Crippen molar-refractivity contribution in [3.8, 4) is 0 Å². The molecule has 0 bridgehead atoms. The number of hydrogen-bond acceptors (Lipinski definition) is 2. The molecular formula is C14H14OS. The fourth-order valence-corrected chi connectivity index (χ4v) is 2.20. The normalized spacial score (nSPS) is 10.6. The molecule has 0 heterocycles. The van der Waals surface area contributed by atoms with Gasteiger partial charge in [0.1, 0.15) is 0 Å². The van der Waals surface area contributed by atoms with E-state index in [9.17, 15) is 4.79 Å². The zero-order valence-corrected chi connectivity index (χ0v) is 10.1. The lowest BCUT2D eigenvalue weighted by Gasteiger charge is -2.02. The van der Waals surface area contributed by atoms with E-state index in [2.05, 4.69) is 13.0 Å². The van der Waals surface area contributed by atoms with Crippen LogP contribution in [0.2, 0.25) is 0 Å².